The monoisotopic (exact) mass is 276 g/mol. The van der Waals surface area contributed by atoms with Crippen molar-refractivity contribution in [3.05, 3.63) is 42.2 Å². The van der Waals surface area contributed by atoms with Gasteiger partial charge in [0, 0.05) is 11.1 Å². The van der Waals surface area contributed by atoms with Gasteiger partial charge in [-0.15, -0.1) is 0 Å². The second kappa shape index (κ2) is 4.31. The van der Waals surface area contributed by atoms with Crippen LogP contribution in [0.4, 0.5) is 0 Å². The Morgan fingerprint density at radius 1 is 1.26 bits per heavy atom. The first-order chi connectivity index (χ1) is 9.11. The van der Waals surface area contributed by atoms with Gasteiger partial charge in [0.1, 0.15) is 6.29 Å². The molecule has 3 rings (SSSR count). The molecule has 1 aliphatic carbocycles. The minimum absolute atomic E-state index is 0.290. The highest BCUT2D eigenvalue weighted by Crippen LogP contribution is 2.30. The van der Waals surface area contributed by atoms with Crippen molar-refractivity contribution in [1.82, 2.24) is 9.19 Å². The molecule has 1 aromatic heterocycles. The number of benzene rings is 1. The second-order valence-electron chi connectivity index (χ2n) is 4.59. The predicted octanol–water partition coefficient (Wildman–Crippen LogP) is 1.70. The van der Waals surface area contributed by atoms with Crippen molar-refractivity contribution >= 4 is 16.3 Å². The first-order valence-electron chi connectivity index (χ1n) is 5.96. The van der Waals surface area contributed by atoms with Crippen molar-refractivity contribution in [3.8, 4) is 11.1 Å². The maximum atomic E-state index is 12.0. The number of hydrogen-bond acceptors (Lipinski definition) is 4. The van der Waals surface area contributed by atoms with Gasteiger partial charge in [-0.05, 0) is 24.5 Å². The highest BCUT2D eigenvalue weighted by Gasteiger charge is 2.37. The summed E-state index contributed by atoms with van der Waals surface area (Å²) in [6, 6.07) is 6.98. The smallest absolute Gasteiger partial charge is 0.256 e. The van der Waals surface area contributed by atoms with E-state index in [1.165, 1.54) is 12.4 Å². The van der Waals surface area contributed by atoms with Crippen molar-refractivity contribution in [2.24, 2.45) is 0 Å². The van der Waals surface area contributed by atoms with Crippen molar-refractivity contribution < 1.29 is 13.2 Å². The van der Waals surface area contributed by atoms with Gasteiger partial charge in [-0.3, -0.25) is 4.79 Å². The van der Waals surface area contributed by atoms with E-state index in [9.17, 15) is 13.2 Å². The molecule has 19 heavy (non-hydrogen) atoms. The van der Waals surface area contributed by atoms with Crippen LogP contribution in [0.3, 0.4) is 0 Å². The standard InChI is InChI=1S/C13H12N2O3S/c16-9-10-2-1-3-11(6-10)12-7-14-15(8-12)19(17,18)13-4-5-13/h1-3,6-9,13H,4-5H2. The van der Waals surface area contributed by atoms with E-state index in [1.54, 1.807) is 18.2 Å². The fourth-order valence-electron chi connectivity index (χ4n) is 1.90. The van der Waals surface area contributed by atoms with E-state index >= 15 is 0 Å². The van der Waals surface area contributed by atoms with Crippen LogP contribution in [0.5, 0.6) is 0 Å². The lowest BCUT2D eigenvalue weighted by molar-refractivity contribution is 0.112. The summed E-state index contributed by atoms with van der Waals surface area (Å²) in [5.74, 6) is 0. The van der Waals surface area contributed by atoms with Crippen LogP contribution in [-0.2, 0) is 10.0 Å². The lowest BCUT2D eigenvalue weighted by atomic mass is 10.1. The van der Waals surface area contributed by atoms with E-state index in [1.807, 2.05) is 6.07 Å². The fraction of sp³-hybridized carbons (Fsp3) is 0.231. The summed E-state index contributed by atoms with van der Waals surface area (Å²) in [5, 5.41) is 3.63. The number of aldehydes is 1. The molecule has 0 spiro atoms. The molecule has 0 radical (unpaired) electrons. The van der Waals surface area contributed by atoms with Crippen LogP contribution in [0.2, 0.25) is 0 Å². The van der Waals surface area contributed by atoms with Crippen molar-refractivity contribution in [3.63, 3.8) is 0 Å². The summed E-state index contributed by atoms with van der Waals surface area (Å²) in [4.78, 5) is 10.7. The zero-order valence-corrected chi connectivity index (χ0v) is 10.9. The van der Waals surface area contributed by atoms with Gasteiger partial charge in [-0.2, -0.15) is 9.19 Å². The third-order valence-corrected chi connectivity index (χ3v) is 5.16. The Morgan fingerprint density at radius 3 is 2.74 bits per heavy atom. The van der Waals surface area contributed by atoms with Crippen LogP contribution in [-0.4, -0.2) is 29.1 Å². The maximum absolute atomic E-state index is 12.0. The van der Waals surface area contributed by atoms with E-state index in [-0.39, 0.29) is 5.25 Å². The summed E-state index contributed by atoms with van der Waals surface area (Å²) in [6.45, 7) is 0. The van der Waals surface area contributed by atoms with Crippen LogP contribution in [0, 0.1) is 0 Å². The predicted molar refractivity (Wildman–Crippen MR) is 70.4 cm³/mol. The minimum Gasteiger partial charge on any atom is -0.298 e. The van der Waals surface area contributed by atoms with E-state index in [0.29, 0.717) is 24.0 Å². The number of carbonyl (C=O) groups is 1. The minimum atomic E-state index is -3.33. The van der Waals surface area contributed by atoms with Crippen LogP contribution in [0.25, 0.3) is 11.1 Å². The van der Waals surface area contributed by atoms with Gasteiger partial charge < -0.3 is 0 Å². The van der Waals surface area contributed by atoms with Gasteiger partial charge >= 0.3 is 0 Å². The average Bonchev–Trinajstić information content (AvgIpc) is 3.17. The topological polar surface area (TPSA) is 69.0 Å². The average molecular weight is 276 g/mol. The quantitative estimate of drug-likeness (QED) is 0.797. The van der Waals surface area contributed by atoms with E-state index in [4.69, 9.17) is 0 Å². The van der Waals surface area contributed by atoms with E-state index < -0.39 is 10.0 Å². The number of carbonyl (C=O) groups excluding carboxylic acids is 1. The second-order valence-corrected chi connectivity index (χ2v) is 6.66. The normalized spacial score (nSPS) is 15.4. The molecule has 0 atom stereocenters. The van der Waals surface area contributed by atoms with Crippen molar-refractivity contribution in [2.75, 3.05) is 0 Å². The molecule has 0 bridgehead atoms. The molecule has 6 heteroatoms. The van der Waals surface area contributed by atoms with Gasteiger partial charge in [0.05, 0.1) is 17.6 Å². The van der Waals surface area contributed by atoms with Gasteiger partial charge in [0.25, 0.3) is 10.0 Å². The van der Waals surface area contributed by atoms with Crippen LogP contribution < -0.4 is 0 Å². The van der Waals surface area contributed by atoms with Crippen LogP contribution in [0.1, 0.15) is 23.2 Å². The Kier molecular flexibility index (Phi) is 2.74. The van der Waals surface area contributed by atoms with E-state index in [2.05, 4.69) is 5.10 Å². The largest absolute Gasteiger partial charge is 0.298 e. The maximum Gasteiger partial charge on any atom is 0.256 e. The molecule has 0 N–H and O–H groups in total. The van der Waals surface area contributed by atoms with Crippen LogP contribution >= 0.6 is 0 Å². The third-order valence-electron chi connectivity index (χ3n) is 3.12. The molecular formula is C13H12N2O3S. The molecule has 1 fully saturated rings. The molecular weight excluding hydrogens is 264 g/mol. The zero-order chi connectivity index (χ0) is 13.5. The lowest BCUT2D eigenvalue weighted by Crippen LogP contribution is -2.17. The molecule has 0 amide bonds. The van der Waals surface area contributed by atoms with Gasteiger partial charge in [0.2, 0.25) is 0 Å². The molecule has 0 aliphatic heterocycles. The Morgan fingerprint density at radius 2 is 2.05 bits per heavy atom. The SMILES string of the molecule is O=Cc1cccc(-c2cnn(S(=O)(=O)C3CC3)c2)c1. The van der Waals surface area contributed by atoms with Crippen molar-refractivity contribution in [1.29, 1.82) is 0 Å². The molecule has 0 saturated heterocycles. The molecule has 1 aromatic carbocycles. The summed E-state index contributed by atoms with van der Waals surface area (Å²) in [5.41, 5.74) is 2.02. The Balaban J connectivity index is 1.98. The number of hydrogen-bond donors (Lipinski definition) is 0. The zero-order valence-electron chi connectivity index (χ0n) is 10.1. The van der Waals surface area contributed by atoms with Crippen molar-refractivity contribution in [2.45, 2.75) is 18.1 Å². The number of aromatic nitrogens is 2. The van der Waals surface area contributed by atoms with Gasteiger partial charge in [-0.1, -0.05) is 18.2 Å². The molecule has 98 valence electrons. The first-order valence-corrected chi connectivity index (χ1v) is 7.46. The molecule has 1 aliphatic rings. The molecule has 0 unspecified atom stereocenters. The summed E-state index contributed by atoms with van der Waals surface area (Å²) in [7, 11) is -3.33. The number of rotatable bonds is 4. The first kappa shape index (κ1) is 12.1. The molecule has 5 nitrogen and oxygen atoms in total. The van der Waals surface area contributed by atoms with Crippen LogP contribution in [0.15, 0.2) is 36.7 Å². The summed E-state index contributed by atoms with van der Waals surface area (Å²) in [6.07, 6.45) is 5.17. The summed E-state index contributed by atoms with van der Waals surface area (Å²) >= 11 is 0. The molecule has 1 heterocycles. The molecule has 1 saturated carbocycles. The molecule has 2 aromatic rings. The summed E-state index contributed by atoms with van der Waals surface area (Å²) < 4.78 is 25.0. The number of nitrogens with zero attached hydrogens (tertiary/aromatic N) is 2. The van der Waals surface area contributed by atoms with Gasteiger partial charge in [-0.25, -0.2) is 8.42 Å². The van der Waals surface area contributed by atoms with E-state index in [0.717, 1.165) is 15.9 Å². The highest BCUT2D eigenvalue weighted by molar-refractivity contribution is 7.90. The fourth-order valence-corrected chi connectivity index (χ4v) is 3.38. The highest BCUT2D eigenvalue weighted by atomic mass is 32.2. The Hall–Kier alpha value is -1.95. The van der Waals surface area contributed by atoms with Gasteiger partial charge in [0.15, 0.2) is 0 Å². The third kappa shape index (κ3) is 2.19. The Bertz CT molecular complexity index is 730. The Labute approximate surface area is 110 Å². The lowest BCUT2D eigenvalue weighted by Gasteiger charge is -2.01.